The fourth-order valence-electron chi connectivity index (χ4n) is 1.34. The van der Waals surface area contributed by atoms with Crippen molar-refractivity contribution in [2.45, 2.75) is 18.9 Å². The quantitative estimate of drug-likeness (QED) is 0.734. The van der Waals surface area contributed by atoms with Gasteiger partial charge in [-0.2, -0.15) is 0 Å². The highest BCUT2D eigenvalue weighted by Gasteiger charge is 2.17. The van der Waals surface area contributed by atoms with Crippen LogP contribution in [0.4, 0.5) is 0 Å². The van der Waals surface area contributed by atoms with E-state index in [4.69, 9.17) is 20.0 Å². The molecule has 0 amide bonds. The van der Waals surface area contributed by atoms with Crippen LogP contribution in [0.15, 0.2) is 16.5 Å². The summed E-state index contributed by atoms with van der Waals surface area (Å²) in [6.07, 6.45) is -0.0174. The van der Waals surface area contributed by atoms with E-state index in [2.05, 4.69) is 0 Å². The molecule has 0 aliphatic carbocycles. The smallest absolute Gasteiger partial charge is 0.304 e. The van der Waals surface area contributed by atoms with Gasteiger partial charge >= 0.3 is 5.97 Å². The maximum Gasteiger partial charge on any atom is 0.304 e. The van der Waals surface area contributed by atoms with Crippen LogP contribution < -0.4 is 5.73 Å². The average molecular weight is 213 g/mol. The molecule has 3 N–H and O–H groups in total. The second-order valence-corrected chi connectivity index (χ2v) is 3.27. The molecule has 0 saturated carbocycles. The van der Waals surface area contributed by atoms with Crippen molar-refractivity contribution < 1.29 is 19.1 Å². The topological polar surface area (TPSA) is 85.7 Å². The van der Waals surface area contributed by atoms with Gasteiger partial charge in [0.05, 0.1) is 6.42 Å². The van der Waals surface area contributed by atoms with E-state index in [1.165, 1.54) is 0 Å². The van der Waals surface area contributed by atoms with E-state index in [0.29, 0.717) is 18.1 Å². The average Bonchev–Trinajstić information content (AvgIpc) is 2.63. The summed E-state index contributed by atoms with van der Waals surface area (Å²) in [6.45, 7) is 0.636. The van der Waals surface area contributed by atoms with Crippen LogP contribution in [0, 0.1) is 0 Å². The van der Waals surface area contributed by atoms with Gasteiger partial charge in [-0.15, -0.1) is 0 Å². The Kier molecular flexibility index (Phi) is 4.33. The van der Waals surface area contributed by atoms with Crippen molar-refractivity contribution in [3.05, 3.63) is 23.7 Å². The first-order valence-corrected chi connectivity index (χ1v) is 4.66. The molecule has 15 heavy (non-hydrogen) atoms. The predicted octanol–water partition coefficient (Wildman–Crippen LogP) is 0.943. The maximum atomic E-state index is 10.6. The van der Waals surface area contributed by atoms with Gasteiger partial charge in [-0.05, 0) is 12.1 Å². The van der Waals surface area contributed by atoms with Crippen molar-refractivity contribution in [1.29, 1.82) is 0 Å². The first kappa shape index (κ1) is 11.7. The Morgan fingerprint density at radius 3 is 2.93 bits per heavy atom. The molecule has 1 heterocycles. The van der Waals surface area contributed by atoms with Gasteiger partial charge in [0, 0.05) is 19.6 Å². The normalized spacial score (nSPS) is 12.7. The second-order valence-electron chi connectivity index (χ2n) is 3.27. The Hall–Kier alpha value is -1.33. The van der Waals surface area contributed by atoms with E-state index in [1.54, 1.807) is 19.2 Å². The molecule has 1 aromatic rings. The van der Waals surface area contributed by atoms with Gasteiger partial charge in [0.25, 0.3) is 0 Å². The van der Waals surface area contributed by atoms with Crippen LogP contribution in [0.2, 0.25) is 0 Å². The zero-order chi connectivity index (χ0) is 11.3. The molecule has 1 aromatic heterocycles. The fraction of sp³-hybridized carbons (Fsp3) is 0.500. The van der Waals surface area contributed by atoms with Gasteiger partial charge in [0.15, 0.2) is 0 Å². The summed E-state index contributed by atoms with van der Waals surface area (Å²) in [6, 6.07) is 3.51. The molecule has 1 atom stereocenters. The van der Waals surface area contributed by atoms with E-state index < -0.39 is 5.97 Å². The number of rotatable bonds is 6. The van der Waals surface area contributed by atoms with Gasteiger partial charge < -0.3 is 20.0 Å². The molecular weight excluding hydrogens is 198 g/mol. The Balaban J connectivity index is 2.69. The van der Waals surface area contributed by atoms with Crippen molar-refractivity contribution in [3.63, 3.8) is 0 Å². The molecule has 84 valence electrons. The Bertz CT molecular complexity index is 321. The molecule has 1 rings (SSSR count). The minimum absolute atomic E-state index is 0.0174. The van der Waals surface area contributed by atoms with E-state index in [9.17, 15) is 4.79 Å². The summed E-state index contributed by atoms with van der Waals surface area (Å²) in [5.41, 5.74) is 5.48. The molecule has 5 heteroatoms. The fourth-order valence-corrected chi connectivity index (χ4v) is 1.34. The number of ether oxygens (including phenoxy) is 1. The summed E-state index contributed by atoms with van der Waals surface area (Å²) in [7, 11) is 1.57. The minimum atomic E-state index is -0.879. The third kappa shape index (κ3) is 3.38. The number of nitrogens with two attached hydrogens (primary N) is 1. The number of carboxylic acids is 1. The van der Waals surface area contributed by atoms with Gasteiger partial charge in [-0.3, -0.25) is 4.79 Å². The van der Waals surface area contributed by atoms with E-state index >= 15 is 0 Å². The number of hydrogen-bond acceptors (Lipinski definition) is 4. The summed E-state index contributed by atoms with van der Waals surface area (Å²) < 4.78 is 10.3. The van der Waals surface area contributed by atoms with E-state index in [-0.39, 0.29) is 18.9 Å². The number of carboxylic acid groups (broad SMARTS) is 1. The highest BCUT2D eigenvalue weighted by Crippen LogP contribution is 2.21. The van der Waals surface area contributed by atoms with Crippen molar-refractivity contribution >= 4 is 5.97 Å². The molecule has 0 bridgehead atoms. The lowest BCUT2D eigenvalue weighted by Crippen LogP contribution is -2.15. The molecule has 0 spiro atoms. The first-order valence-electron chi connectivity index (χ1n) is 4.66. The summed E-state index contributed by atoms with van der Waals surface area (Å²) in [5, 5.41) is 8.66. The summed E-state index contributed by atoms with van der Waals surface area (Å²) in [4.78, 5) is 10.6. The lowest BCUT2D eigenvalue weighted by atomic mass is 10.0. The third-order valence-electron chi connectivity index (χ3n) is 2.08. The number of methoxy groups -OCH3 is 1. The van der Waals surface area contributed by atoms with Crippen LogP contribution in [0.3, 0.4) is 0 Å². The molecule has 0 aliphatic heterocycles. The van der Waals surface area contributed by atoms with Gasteiger partial charge in [-0.25, -0.2) is 0 Å². The van der Waals surface area contributed by atoms with Crippen LogP contribution in [0.5, 0.6) is 0 Å². The molecule has 1 unspecified atom stereocenters. The molecule has 0 saturated heterocycles. The molecular formula is C10H15NO4. The molecule has 0 aliphatic rings. The standard InChI is InChI=1S/C10H15NO4/c1-14-6-8-2-3-9(15-8)7(5-11)4-10(12)13/h2-3,7H,4-6,11H2,1H3,(H,12,13). The number of hydrogen-bond donors (Lipinski definition) is 2. The van der Waals surface area contributed by atoms with E-state index in [1.807, 2.05) is 0 Å². The van der Waals surface area contributed by atoms with Crippen LogP contribution in [-0.2, 0) is 16.1 Å². The zero-order valence-electron chi connectivity index (χ0n) is 8.60. The Morgan fingerprint density at radius 1 is 1.67 bits per heavy atom. The van der Waals surface area contributed by atoms with Crippen LogP contribution in [0.25, 0.3) is 0 Å². The maximum absolute atomic E-state index is 10.6. The number of aliphatic carboxylic acids is 1. The Labute approximate surface area is 87.8 Å². The number of carbonyl (C=O) groups is 1. The van der Waals surface area contributed by atoms with E-state index in [0.717, 1.165) is 0 Å². The molecule has 0 radical (unpaired) electrons. The SMILES string of the molecule is COCc1ccc(C(CN)CC(=O)O)o1. The van der Waals surface area contributed by atoms with Crippen LogP contribution in [-0.4, -0.2) is 24.7 Å². The minimum Gasteiger partial charge on any atom is -0.481 e. The van der Waals surface area contributed by atoms with Crippen molar-refractivity contribution in [2.75, 3.05) is 13.7 Å². The van der Waals surface area contributed by atoms with Crippen molar-refractivity contribution in [2.24, 2.45) is 5.73 Å². The lowest BCUT2D eigenvalue weighted by Gasteiger charge is -2.08. The molecule has 5 nitrogen and oxygen atoms in total. The Morgan fingerprint density at radius 2 is 2.40 bits per heavy atom. The van der Waals surface area contributed by atoms with Crippen LogP contribution in [0.1, 0.15) is 23.9 Å². The molecule has 0 aromatic carbocycles. The summed E-state index contributed by atoms with van der Waals surface area (Å²) >= 11 is 0. The summed E-state index contributed by atoms with van der Waals surface area (Å²) in [5.74, 6) is 0.131. The van der Waals surface area contributed by atoms with Gasteiger partial charge in [0.2, 0.25) is 0 Å². The highest BCUT2D eigenvalue weighted by atomic mass is 16.5. The van der Waals surface area contributed by atoms with Crippen molar-refractivity contribution in [3.8, 4) is 0 Å². The van der Waals surface area contributed by atoms with Crippen LogP contribution >= 0.6 is 0 Å². The first-order chi connectivity index (χ1) is 7.17. The predicted molar refractivity (Wildman–Crippen MR) is 53.5 cm³/mol. The molecule has 0 fully saturated rings. The third-order valence-corrected chi connectivity index (χ3v) is 2.08. The number of furan rings is 1. The highest BCUT2D eigenvalue weighted by molar-refractivity contribution is 5.67. The van der Waals surface area contributed by atoms with Gasteiger partial charge in [0.1, 0.15) is 18.1 Å². The second kappa shape index (κ2) is 5.53. The largest absolute Gasteiger partial charge is 0.481 e. The van der Waals surface area contributed by atoms with Gasteiger partial charge in [-0.1, -0.05) is 0 Å². The lowest BCUT2D eigenvalue weighted by molar-refractivity contribution is -0.137. The van der Waals surface area contributed by atoms with Crippen molar-refractivity contribution in [1.82, 2.24) is 0 Å². The monoisotopic (exact) mass is 213 g/mol. The zero-order valence-corrected chi connectivity index (χ0v) is 8.60.